The predicted octanol–water partition coefficient (Wildman–Crippen LogP) is 1.79. The van der Waals surface area contributed by atoms with Crippen LogP contribution in [0.5, 0.6) is 0 Å². The van der Waals surface area contributed by atoms with E-state index in [1.165, 1.54) is 6.07 Å². The van der Waals surface area contributed by atoms with Gasteiger partial charge in [0.15, 0.2) is 5.11 Å². The lowest BCUT2D eigenvalue weighted by Crippen LogP contribution is -2.34. The number of thiocarbonyl (C=S) groups is 1. The maximum Gasteiger partial charge on any atom is 0.257 e. The monoisotopic (exact) mass is 327 g/mol. The number of carbonyl (C=O) groups excluding carboxylic acids is 2. The van der Waals surface area contributed by atoms with Gasteiger partial charge in [-0.1, -0.05) is 29.8 Å². The van der Waals surface area contributed by atoms with E-state index >= 15 is 0 Å². The molecule has 0 saturated carbocycles. The first kappa shape index (κ1) is 16.6. The molecule has 2 rings (SSSR count). The number of rotatable bonds is 3. The molecule has 0 atom stereocenters. The van der Waals surface area contributed by atoms with Gasteiger partial charge in [0.1, 0.15) is 0 Å². The molecule has 0 fully saturated rings. The van der Waals surface area contributed by atoms with Crippen molar-refractivity contribution in [2.75, 3.05) is 5.32 Å². The number of anilines is 1. The van der Waals surface area contributed by atoms with Gasteiger partial charge < -0.3 is 15.2 Å². The van der Waals surface area contributed by atoms with E-state index in [1.807, 2.05) is 19.1 Å². The van der Waals surface area contributed by atoms with Crippen LogP contribution in [0.3, 0.4) is 0 Å². The number of hydrogen-bond acceptors (Lipinski definition) is 4. The van der Waals surface area contributed by atoms with Crippen LogP contribution in [0.25, 0.3) is 0 Å². The van der Waals surface area contributed by atoms with Crippen molar-refractivity contribution in [1.29, 1.82) is 0 Å². The number of carbonyl (C=O) groups is 2. The van der Waals surface area contributed by atoms with Gasteiger partial charge in [-0.3, -0.25) is 10.1 Å². The van der Waals surface area contributed by atoms with Crippen LogP contribution < -0.4 is 15.7 Å². The fourth-order valence-corrected chi connectivity index (χ4v) is 2.23. The van der Waals surface area contributed by atoms with Crippen LogP contribution in [0.1, 0.15) is 31.8 Å². The molecule has 23 heavy (non-hydrogen) atoms. The number of nitrogens with one attached hydrogen (secondary N) is 2. The Hall–Kier alpha value is -2.73. The molecule has 1 amide bonds. The van der Waals surface area contributed by atoms with E-state index in [4.69, 9.17) is 12.2 Å². The largest absolute Gasteiger partial charge is 0.545 e. The van der Waals surface area contributed by atoms with E-state index < -0.39 is 5.97 Å². The summed E-state index contributed by atoms with van der Waals surface area (Å²) in [6.45, 7) is 3.57. The number of aryl methyl sites for hydroxylation is 1. The lowest BCUT2D eigenvalue weighted by Gasteiger charge is -2.15. The minimum absolute atomic E-state index is 0.0719. The Morgan fingerprint density at radius 2 is 1.70 bits per heavy atom. The van der Waals surface area contributed by atoms with Gasteiger partial charge in [-0.05, 0) is 49.8 Å². The molecule has 0 aliphatic rings. The summed E-state index contributed by atoms with van der Waals surface area (Å²) in [6, 6.07) is 11.8. The van der Waals surface area contributed by atoms with Gasteiger partial charge >= 0.3 is 0 Å². The first-order valence-corrected chi connectivity index (χ1v) is 7.29. The summed E-state index contributed by atoms with van der Waals surface area (Å²) in [4.78, 5) is 23.1. The minimum atomic E-state index is -1.26. The summed E-state index contributed by atoms with van der Waals surface area (Å²) in [7, 11) is 0. The predicted molar refractivity (Wildman–Crippen MR) is 90.4 cm³/mol. The van der Waals surface area contributed by atoms with Crippen molar-refractivity contribution in [3.8, 4) is 0 Å². The molecular formula is C17H15N2O3S-. The van der Waals surface area contributed by atoms with E-state index in [0.29, 0.717) is 16.8 Å². The second-order valence-electron chi connectivity index (χ2n) is 5.04. The van der Waals surface area contributed by atoms with Crippen LogP contribution in [0.15, 0.2) is 42.5 Å². The molecule has 118 valence electrons. The van der Waals surface area contributed by atoms with Crippen LogP contribution in [0.2, 0.25) is 0 Å². The molecule has 0 aliphatic carbocycles. The number of benzene rings is 2. The Labute approximate surface area is 139 Å². The smallest absolute Gasteiger partial charge is 0.257 e. The number of aromatic carboxylic acids is 1. The topological polar surface area (TPSA) is 81.3 Å². The van der Waals surface area contributed by atoms with Gasteiger partial charge in [0.05, 0.1) is 5.97 Å². The van der Waals surface area contributed by atoms with Crippen molar-refractivity contribution in [1.82, 2.24) is 5.32 Å². The molecule has 0 aliphatic heterocycles. The van der Waals surface area contributed by atoms with Crippen LogP contribution in [-0.4, -0.2) is 17.0 Å². The van der Waals surface area contributed by atoms with Gasteiger partial charge in [0, 0.05) is 16.8 Å². The molecule has 2 aromatic carbocycles. The highest BCUT2D eigenvalue weighted by Crippen LogP contribution is 2.18. The van der Waals surface area contributed by atoms with Crippen LogP contribution in [0, 0.1) is 13.8 Å². The third kappa shape index (κ3) is 4.14. The molecule has 0 heterocycles. The van der Waals surface area contributed by atoms with Crippen LogP contribution >= 0.6 is 12.2 Å². The quantitative estimate of drug-likeness (QED) is 0.840. The molecule has 2 N–H and O–H groups in total. The molecule has 0 spiro atoms. The Morgan fingerprint density at radius 3 is 2.30 bits per heavy atom. The fraction of sp³-hybridized carbons (Fsp3) is 0.118. The summed E-state index contributed by atoms with van der Waals surface area (Å²) >= 11 is 5.10. The summed E-state index contributed by atoms with van der Waals surface area (Å²) < 4.78 is 0. The second kappa shape index (κ2) is 7.02. The Kier molecular flexibility index (Phi) is 5.08. The van der Waals surface area contributed by atoms with Gasteiger partial charge in [-0.15, -0.1) is 0 Å². The van der Waals surface area contributed by atoms with Crippen LogP contribution in [0.4, 0.5) is 5.69 Å². The van der Waals surface area contributed by atoms with Gasteiger partial charge in [0.2, 0.25) is 0 Å². The maximum atomic E-state index is 12.1. The van der Waals surface area contributed by atoms with Gasteiger partial charge in [0.25, 0.3) is 5.91 Å². The lowest BCUT2D eigenvalue weighted by atomic mass is 10.1. The van der Waals surface area contributed by atoms with Crippen molar-refractivity contribution in [2.24, 2.45) is 0 Å². The third-order valence-electron chi connectivity index (χ3n) is 3.34. The normalized spacial score (nSPS) is 10.0. The Bertz CT molecular complexity index is 770. The van der Waals surface area contributed by atoms with E-state index in [-0.39, 0.29) is 16.6 Å². The number of carboxylic acids is 1. The molecule has 0 bridgehead atoms. The fourth-order valence-electron chi connectivity index (χ4n) is 2.03. The van der Waals surface area contributed by atoms with Crippen LogP contribution in [-0.2, 0) is 0 Å². The van der Waals surface area contributed by atoms with E-state index in [9.17, 15) is 14.7 Å². The highest BCUT2D eigenvalue weighted by Gasteiger charge is 2.10. The highest BCUT2D eigenvalue weighted by molar-refractivity contribution is 7.80. The molecule has 6 heteroatoms. The average molecular weight is 327 g/mol. The zero-order valence-corrected chi connectivity index (χ0v) is 13.5. The molecule has 0 unspecified atom stereocenters. The van der Waals surface area contributed by atoms with Crippen molar-refractivity contribution < 1.29 is 14.7 Å². The summed E-state index contributed by atoms with van der Waals surface area (Å²) in [6.07, 6.45) is 0. The van der Waals surface area contributed by atoms with Gasteiger partial charge in [-0.2, -0.15) is 0 Å². The van der Waals surface area contributed by atoms with Crippen molar-refractivity contribution in [3.63, 3.8) is 0 Å². The standard InChI is InChI=1S/C17H16N2O3S/c1-10-6-8-12(9-7-10)15(20)19-17(23)18-14-5-3-4-13(11(14)2)16(21)22/h3-9H,1-2H3,(H,21,22)(H2,18,19,20,23)/p-1. The zero-order chi connectivity index (χ0) is 17.0. The van der Waals surface area contributed by atoms with E-state index in [0.717, 1.165) is 5.56 Å². The van der Waals surface area contributed by atoms with E-state index in [1.54, 1.807) is 31.2 Å². The third-order valence-corrected chi connectivity index (χ3v) is 3.55. The van der Waals surface area contributed by atoms with Crippen molar-refractivity contribution in [2.45, 2.75) is 13.8 Å². The molecule has 0 saturated heterocycles. The van der Waals surface area contributed by atoms with Crippen molar-refractivity contribution in [3.05, 3.63) is 64.7 Å². The molecule has 2 aromatic rings. The molecule has 0 aromatic heterocycles. The number of carboxylic acid groups (broad SMARTS) is 1. The molecule has 0 radical (unpaired) electrons. The summed E-state index contributed by atoms with van der Waals surface area (Å²) in [5.74, 6) is -1.60. The Morgan fingerprint density at radius 1 is 1.04 bits per heavy atom. The van der Waals surface area contributed by atoms with E-state index in [2.05, 4.69) is 10.6 Å². The SMILES string of the molecule is Cc1ccc(C(=O)NC(=S)Nc2cccc(C(=O)[O-])c2C)cc1. The molecular weight excluding hydrogens is 312 g/mol. The minimum Gasteiger partial charge on any atom is -0.545 e. The first-order valence-electron chi connectivity index (χ1n) is 6.88. The maximum absolute atomic E-state index is 12.1. The lowest BCUT2D eigenvalue weighted by molar-refractivity contribution is -0.255. The second-order valence-corrected chi connectivity index (χ2v) is 5.45. The Balaban J connectivity index is 2.08. The van der Waals surface area contributed by atoms with Crippen molar-refractivity contribution >= 4 is 34.9 Å². The molecule has 5 nitrogen and oxygen atoms in total. The summed E-state index contributed by atoms with van der Waals surface area (Å²) in [5, 5.41) is 16.5. The average Bonchev–Trinajstić information content (AvgIpc) is 2.49. The zero-order valence-electron chi connectivity index (χ0n) is 12.7. The van der Waals surface area contributed by atoms with Gasteiger partial charge in [-0.25, -0.2) is 0 Å². The highest BCUT2D eigenvalue weighted by atomic mass is 32.1. The summed E-state index contributed by atoms with van der Waals surface area (Å²) in [5.41, 5.74) is 2.60. The number of hydrogen-bond donors (Lipinski definition) is 2. The first-order chi connectivity index (χ1) is 10.9. The number of amides is 1.